The topological polar surface area (TPSA) is 114 Å². The van der Waals surface area contributed by atoms with Gasteiger partial charge in [-0.1, -0.05) is 54.6 Å². The van der Waals surface area contributed by atoms with Gasteiger partial charge in [-0.05, 0) is 49.2 Å². The summed E-state index contributed by atoms with van der Waals surface area (Å²) in [6, 6.07) is 24.4. The molecule has 1 aliphatic heterocycles. The third-order valence-electron chi connectivity index (χ3n) is 5.94. The third-order valence-corrected chi connectivity index (χ3v) is 5.94. The molecule has 1 unspecified atom stereocenters. The number of ether oxygens (including phenoxy) is 5. The predicted octanol–water partition coefficient (Wildman–Crippen LogP) is 3.98. The van der Waals surface area contributed by atoms with Crippen molar-refractivity contribution in [3.8, 4) is 11.8 Å². The molecule has 4 rings (SSSR count). The lowest BCUT2D eigenvalue weighted by atomic mass is 9.92. The molecule has 0 aliphatic carbocycles. The van der Waals surface area contributed by atoms with Crippen molar-refractivity contribution in [2.45, 2.75) is 37.9 Å². The number of rotatable bonds is 8. The van der Waals surface area contributed by atoms with Crippen LogP contribution in [0.1, 0.15) is 44.9 Å². The van der Waals surface area contributed by atoms with Crippen molar-refractivity contribution in [2.75, 3.05) is 6.61 Å². The normalized spacial score (nSPS) is 21.3. The zero-order chi connectivity index (χ0) is 28.5. The first-order valence-corrected chi connectivity index (χ1v) is 12.4. The fraction of sp³-hybridized carbons (Fsp3) is 0.226. The van der Waals surface area contributed by atoms with Gasteiger partial charge in [-0.2, -0.15) is 0 Å². The van der Waals surface area contributed by atoms with Crippen LogP contribution in [0.15, 0.2) is 91.0 Å². The van der Waals surface area contributed by atoms with E-state index in [0.29, 0.717) is 0 Å². The van der Waals surface area contributed by atoms with E-state index < -0.39 is 54.6 Å². The van der Waals surface area contributed by atoms with Crippen molar-refractivity contribution >= 4 is 23.9 Å². The largest absolute Gasteiger partial charge is 0.459 e. The Balaban J connectivity index is 1.73. The number of hydrogen-bond acceptors (Lipinski definition) is 9. The Hall–Kier alpha value is -4.94. The first-order chi connectivity index (χ1) is 19.3. The highest BCUT2D eigenvalue weighted by Crippen LogP contribution is 2.39. The van der Waals surface area contributed by atoms with Gasteiger partial charge in [0.15, 0.2) is 6.10 Å². The molecule has 3 aromatic carbocycles. The molecule has 9 heteroatoms. The van der Waals surface area contributed by atoms with E-state index in [2.05, 4.69) is 11.8 Å². The molecule has 1 heterocycles. The van der Waals surface area contributed by atoms with Crippen LogP contribution in [0.2, 0.25) is 0 Å². The second-order valence-corrected chi connectivity index (χ2v) is 8.68. The summed E-state index contributed by atoms with van der Waals surface area (Å²) in [5.74, 6) is 2.46. The maximum absolute atomic E-state index is 13.3. The summed E-state index contributed by atoms with van der Waals surface area (Å²) in [7, 11) is 0. The summed E-state index contributed by atoms with van der Waals surface area (Å²) in [6.07, 6.45) is -4.38. The molecule has 1 fully saturated rings. The van der Waals surface area contributed by atoms with E-state index >= 15 is 0 Å². The summed E-state index contributed by atoms with van der Waals surface area (Å²) in [5.41, 5.74) is -1.37. The van der Waals surface area contributed by atoms with Gasteiger partial charge in [-0.3, -0.25) is 4.79 Å². The van der Waals surface area contributed by atoms with E-state index in [9.17, 15) is 19.2 Å². The van der Waals surface area contributed by atoms with Crippen LogP contribution < -0.4 is 0 Å². The van der Waals surface area contributed by atoms with Crippen molar-refractivity contribution in [3.63, 3.8) is 0 Å². The Morgan fingerprint density at radius 3 is 1.75 bits per heavy atom. The molecule has 1 saturated heterocycles. The Morgan fingerprint density at radius 2 is 1.25 bits per heavy atom. The van der Waals surface area contributed by atoms with Crippen LogP contribution in [0.3, 0.4) is 0 Å². The summed E-state index contributed by atoms with van der Waals surface area (Å²) in [5, 5.41) is 0. The molecular formula is C31H26O9. The second-order valence-electron chi connectivity index (χ2n) is 8.68. The molecule has 0 N–H and O–H groups in total. The zero-order valence-electron chi connectivity index (χ0n) is 21.8. The molecule has 0 saturated carbocycles. The zero-order valence-corrected chi connectivity index (χ0v) is 21.8. The van der Waals surface area contributed by atoms with Crippen molar-refractivity contribution in [3.05, 3.63) is 108 Å². The van der Waals surface area contributed by atoms with Crippen molar-refractivity contribution in [1.82, 2.24) is 0 Å². The van der Waals surface area contributed by atoms with E-state index in [4.69, 9.17) is 23.7 Å². The van der Waals surface area contributed by atoms with Crippen molar-refractivity contribution in [2.24, 2.45) is 0 Å². The Morgan fingerprint density at radius 1 is 0.750 bits per heavy atom. The molecular weight excluding hydrogens is 516 g/mol. The minimum Gasteiger partial charge on any atom is -0.459 e. The fourth-order valence-electron chi connectivity index (χ4n) is 4.13. The highest BCUT2D eigenvalue weighted by molar-refractivity contribution is 5.91. The highest BCUT2D eigenvalue weighted by Gasteiger charge is 2.63. The second kappa shape index (κ2) is 12.7. The first kappa shape index (κ1) is 28.1. The lowest BCUT2D eigenvalue weighted by Gasteiger charge is -2.32. The monoisotopic (exact) mass is 542 g/mol. The van der Waals surface area contributed by atoms with Gasteiger partial charge in [-0.15, -0.1) is 5.92 Å². The quantitative estimate of drug-likeness (QED) is 0.237. The van der Waals surface area contributed by atoms with Crippen molar-refractivity contribution < 1.29 is 42.9 Å². The lowest BCUT2D eigenvalue weighted by Crippen LogP contribution is -2.54. The number of hydrogen-bond donors (Lipinski definition) is 0. The van der Waals surface area contributed by atoms with Gasteiger partial charge in [0.25, 0.3) is 0 Å². The summed E-state index contributed by atoms with van der Waals surface area (Å²) in [4.78, 5) is 51.2. The number of benzene rings is 3. The molecule has 4 atom stereocenters. The van der Waals surface area contributed by atoms with Crippen LogP contribution in [0.4, 0.5) is 0 Å². The van der Waals surface area contributed by atoms with Gasteiger partial charge in [0.05, 0.1) is 16.7 Å². The molecule has 0 amide bonds. The van der Waals surface area contributed by atoms with E-state index in [1.807, 2.05) is 0 Å². The molecule has 204 valence electrons. The molecule has 0 aromatic heterocycles. The molecule has 0 bridgehead atoms. The van der Waals surface area contributed by atoms with Gasteiger partial charge in [0.1, 0.15) is 6.61 Å². The average molecular weight is 543 g/mol. The van der Waals surface area contributed by atoms with Crippen LogP contribution in [0, 0.1) is 11.8 Å². The molecule has 9 nitrogen and oxygen atoms in total. The van der Waals surface area contributed by atoms with Crippen LogP contribution in [0.25, 0.3) is 0 Å². The van der Waals surface area contributed by atoms with E-state index in [1.54, 1.807) is 66.7 Å². The highest BCUT2D eigenvalue weighted by atomic mass is 16.8. The smallest absolute Gasteiger partial charge is 0.339 e. The Labute approximate surface area is 230 Å². The van der Waals surface area contributed by atoms with Gasteiger partial charge < -0.3 is 23.7 Å². The maximum Gasteiger partial charge on any atom is 0.339 e. The van der Waals surface area contributed by atoms with Crippen LogP contribution in [-0.4, -0.2) is 54.6 Å². The first-order valence-electron chi connectivity index (χ1n) is 12.4. The van der Waals surface area contributed by atoms with Crippen LogP contribution in [0.5, 0.6) is 0 Å². The molecule has 40 heavy (non-hydrogen) atoms. The van der Waals surface area contributed by atoms with Crippen molar-refractivity contribution in [1.29, 1.82) is 0 Å². The number of carbonyl (C=O) groups excluding carboxylic acids is 4. The lowest BCUT2D eigenvalue weighted by molar-refractivity contribution is -0.188. The third kappa shape index (κ3) is 6.37. The minimum atomic E-state index is -2.02. The molecule has 1 aliphatic rings. The van der Waals surface area contributed by atoms with Gasteiger partial charge in [0.2, 0.25) is 18.0 Å². The Bertz CT molecular complexity index is 1410. The summed E-state index contributed by atoms with van der Waals surface area (Å²) < 4.78 is 28.5. The fourth-order valence-corrected chi connectivity index (χ4v) is 4.13. The van der Waals surface area contributed by atoms with Gasteiger partial charge in [0, 0.05) is 6.92 Å². The maximum atomic E-state index is 13.3. The molecule has 3 aromatic rings. The van der Waals surface area contributed by atoms with E-state index in [-0.39, 0.29) is 16.7 Å². The van der Waals surface area contributed by atoms with E-state index in [0.717, 1.165) is 6.92 Å². The van der Waals surface area contributed by atoms with E-state index in [1.165, 1.54) is 31.2 Å². The van der Waals surface area contributed by atoms with Crippen LogP contribution in [-0.2, 0) is 28.5 Å². The Kier molecular flexibility index (Phi) is 8.94. The van der Waals surface area contributed by atoms with Gasteiger partial charge in [-0.25, -0.2) is 14.4 Å². The average Bonchev–Trinajstić information content (AvgIpc) is 3.23. The molecule has 0 spiro atoms. The SMILES string of the molecule is CC#C[C@@]1(OC(=O)c2ccccc2)[C@@H](COC(=O)c2ccccc2)OC(OC(C)=O)[C@@H]1OC(=O)c1ccccc1. The van der Waals surface area contributed by atoms with Crippen LogP contribution >= 0.6 is 0 Å². The summed E-state index contributed by atoms with van der Waals surface area (Å²) >= 11 is 0. The van der Waals surface area contributed by atoms with Gasteiger partial charge >= 0.3 is 23.9 Å². The number of esters is 4. The number of carbonyl (C=O) groups is 4. The minimum absolute atomic E-state index is 0.184. The molecule has 0 radical (unpaired) electrons. The predicted molar refractivity (Wildman–Crippen MR) is 141 cm³/mol. The summed E-state index contributed by atoms with van der Waals surface area (Å²) in [6.45, 7) is 2.16. The standard InChI is InChI=1S/C31H26O9/c1-3-19-31(40-29(35)24-17-11-6-12-18-24)25(20-36-27(33)22-13-7-4-8-14-22)38-30(37-21(2)32)26(31)39-28(34)23-15-9-5-10-16-23/h4-18,25-26,30H,20H2,1-2H3/t25-,26+,30?,31-/m1/s1.